The van der Waals surface area contributed by atoms with Gasteiger partial charge in [-0.15, -0.1) is 22.7 Å². The second-order valence-electron chi connectivity index (χ2n) is 5.55. The maximum Gasteiger partial charge on any atom is 0.180 e. The van der Waals surface area contributed by atoms with Crippen LogP contribution in [0.15, 0.2) is 5.38 Å². The molecular weight excluding hydrogens is 288 g/mol. The number of likely N-dealkylation sites (tertiary alicyclic amines) is 1. The number of aryl methyl sites for hydroxylation is 1. The van der Waals surface area contributed by atoms with Crippen LogP contribution in [-0.2, 0) is 6.54 Å². The molecule has 0 radical (unpaired) electrons. The van der Waals surface area contributed by atoms with Gasteiger partial charge in [0.15, 0.2) is 5.13 Å². The maximum absolute atomic E-state index is 5.72. The van der Waals surface area contributed by atoms with E-state index in [4.69, 9.17) is 10.7 Å². The number of nitrogen functional groups attached to an aromatic ring is 1. The lowest BCUT2D eigenvalue weighted by Crippen LogP contribution is -2.32. The highest BCUT2D eigenvalue weighted by molar-refractivity contribution is 7.16. The minimum Gasteiger partial charge on any atom is -0.375 e. The predicted octanol–water partition coefficient (Wildman–Crippen LogP) is 3.39. The van der Waals surface area contributed by atoms with E-state index in [1.165, 1.54) is 47.2 Å². The first-order valence-electron chi connectivity index (χ1n) is 7.02. The van der Waals surface area contributed by atoms with Crippen molar-refractivity contribution in [2.24, 2.45) is 5.92 Å². The highest BCUT2D eigenvalue weighted by atomic mass is 32.1. The fraction of sp³-hybridized carbons (Fsp3) is 0.571. The van der Waals surface area contributed by atoms with E-state index in [1.807, 2.05) is 5.38 Å². The van der Waals surface area contributed by atoms with Crippen LogP contribution < -0.4 is 5.73 Å². The Morgan fingerprint density at radius 1 is 1.35 bits per heavy atom. The first-order chi connectivity index (χ1) is 9.61. The lowest BCUT2D eigenvalue weighted by molar-refractivity contribution is 0.185. The van der Waals surface area contributed by atoms with Crippen LogP contribution in [0.5, 0.6) is 0 Å². The molecule has 2 N–H and O–H groups in total. The van der Waals surface area contributed by atoms with Crippen molar-refractivity contribution in [1.82, 2.24) is 14.9 Å². The Bertz CT molecular complexity index is 582. The zero-order valence-electron chi connectivity index (χ0n) is 11.9. The second-order valence-corrected chi connectivity index (χ2v) is 7.53. The van der Waals surface area contributed by atoms with Gasteiger partial charge >= 0.3 is 0 Å². The van der Waals surface area contributed by atoms with Crippen LogP contribution in [0.25, 0.3) is 10.6 Å². The first-order valence-corrected chi connectivity index (χ1v) is 8.71. The summed E-state index contributed by atoms with van der Waals surface area (Å²) in [6.45, 7) is 7.76. The van der Waals surface area contributed by atoms with Gasteiger partial charge in [-0.25, -0.2) is 9.97 Å². The molecule has 2 aromatic heterocycles. The summed E-state index contributed by atoms with van der Waals surface area (Å²) >= 11 is 3.24. The van der Waals surface area contributed by atoms with Gasteiger partial charge in [-0.2, -0.15) is 0 Å². The van der Waals surface area contributed by atoms with E-state index in [1.54, 1.807) is 11.3 Å². The van der Waals surface area contributed by atoms with Gasteiger partial charge in [-0.1, -0.05) is 6.92 Å². The molecule has 20 heavy (non-hydrogen) atoms. The van der Waals surface area contributed by atoms with E-state index < -0.39 is 0 Å². The summed E-state index contributed by atoms with van der Waals surface area (Å²) in [5, 5.41) is 3.83. The number of hydrogen-bond donors (Lipinski definition) is 1. The van der Waals surface area contributed by atoms with Crippen molar-refractivity contribution in [3.8, 4) is 10.6 Å². The molecule has 0 spiro atoms. The molecule has 108 valence electrons. The molecule has 4 nitrogen and oxygen atoms in total. The van der Waals surface area contributed by atoms with E-state index in [-0.39, 0.29) is 0 Å². The largest absolute Gasteiger partial charge is 0.375 e. The van der Waals surface area contributed by atoms with Gasteiger partial charge in [-0.3, -0.25) is 4.90 Å². The van der Waals surface area contributed by atoms with Crippen LogP contribution in [0.1, 0.15) is 30.5 Å². The number of piperidine rings is 1. The number of aromatic nitrogens is 2. The van der Waals surface area contributed by atoms with Gasteiger partial charge < -0.3 is 5.73 Å². The van der Waals surface area contributed by atoms with E-state index >= 15 is 0 Å². The summed E-state index contributed by atoms with van der Waals surface area (Å²) in [7, 11) is 0. The Kier molecular flexibility index (Phi) is 4.05. The molecule has 6 heteroatoms. The molecule has 2 aromatic rings. The number of thiazole rings is 2. The SMILES string of the molecule is Cc1nc(CN2CCC(C)CC2)sc1-c1csc(N)n1. The molecule has 0 amide bonds. The van der Waals surface area contributed by atoms with Gasteiger partial charge in [0.25, 0.3) is 0 Å². The van der Waals surface area contributed by atoms with Crippen molar-refractivity contribution in [3.05, 3.63) is 16.1 Å². The highest BCUT2D eigenvalue weighted by Gasteiger charge is 2.18. The van der Waals surface area contributed by atoms with Crippen LogP contribution in [0.2, 0.25) is 0 Å². The van der Waals surface area contributed by atoms with Crippen molar-refractivity contribution >= 4 is 27.8 Å². The van der Waals surface area contributed by atoms with Crippen LogP contribution in [-0.4, -0.2) is 28.0 Å². The minimum absolute atomic E-state index is 0.624. The summed E-state index contributed by atoms with van der Waals surface area (Å²) in [5.74, 6) is 0.873. The molecule has 1 fully saturated rings. The van der Waals surface area contributed by atoms with Gasteiger partial charge in [0, 0.05) is 5.38 Å². The molecule has 1 aliphatic rings. The Morgan fingerprint density at radius 2 is 2.10 bits per heavy atom. The Morgan fingerprint density at radius 3 is 2.75 bits per heavy atom. The summed E-state index contributed by atoms with van der Waals surface area (Å²) in [4.78, 5) is 12.8. The topological polar surface area (TPSA) is 55.0 Å². The fourth-order valence-electron chi connectivity index (χ4n) is 2.56. The lowest BCUT2D eigenvalue weighted by atomic mass is 9.99. The number of nitrogens with two attached hydrogens (primary N) is 1. The maximum atomic E-state index is 5.72. The van der Waals surface area contributed by atoms with Gasteiger partial charge in [0.2, 0.25) is 0 Å². The zero-order valence-corrected chi connectivity index (χ0v) is 13.6. The third-order valence-electron chi connectivity index (χ3n) is 3.83. The zero-order chi connectivity index (χ0) is 14.1. The first kappa shape index (κ1) is 14.0. The van der Waals surface area contributed by atoms with Crippen molar-refractivity contribution in [2.45, 2.75) is 33.2 Å². The molecule has 0 saturated carbocycles. The fourth-order valence-corrected chi connectivity index (χ4v) is 4.26. The molecule has 0 unspecified atom stereocenters. The summed E-state index contributed by atoms with van der Waals surface area (Å²) in [6.07, 6.45) is 2.61. The summed E-state index contributed by atoms with van der Waals surface area (Å²) in [6, 6.07) is 0. The molecule has 3 heterocycles. The van der Waals surface area contributed by atoms with Gasteiger partial charge in [0.05, 0.1) is 22.8 Å². The number of rotatable bonds is 3. The standard InChI is InChI=1S/C14H20N4S2/c1-9-3-5-18(6-4-9)7-12-16-10(2)13(20-12)11-8-19-14(15)17-11/h8-9H,3-7H2,1-2H3,(H2,15,17). The van der Waals surface area contributed by atoms with Gasteiger partial charge in [0.1, 0.15) is 5.01 Å². The van der Waals surface area contributed by atoms with Crippen molar-refractivity contribution in [3.63, 3.8) is 0 Å². The smallest absolute Gasteiger partial charge is 0.180 e. The molecule has 1 saturated heterocycles. The molecular formula is C14H20N4S2. The number of anilines is 1. The minimum atomic E-state index is 0.624. The molecule has 0 aliphatic carbocycles. The third kappa shape index (κ3) is 3.02. The lowest BCUT2D eigenvalue weighted by Gasteiger charge is -2.29. The van der Waals surface area contributed by atoms with Crippen LogP contribution in [0.3, 0.4) is 0 Å². The number of nitrogens with zero attached hydrogens (tertiary/aromatic N) is 3. The van der Waals surface area contributed by atoms with E-state index in [2.05, 4.69) is 23.7 Å². The summed E-state index contributed by atoms with van der Waals surface area (Å²) < 4.78 is 0. The highest BCUT2D eigenvalue weighted by Crippen LogP contribution is 2.32. The van der Waals surface area contributed by atoms with E-state index in [9.17, 15) is 0 Å². The normalized spacial score (nSPS) is 17.7. The Balaban J connectivity index is 1.72. The van der Waals surface area contributed by atoms with Crippen molar-refractivity contribution in [2.75, 3.05) is 18.8 Å². The summed E-state index contributed by atoms with van der Waals surface area (Å²) in [5.41, 5.74) is 7.76. The van der Waals surface area contributed by atoms with Crippen LogP contribution in [0.4, 0.5) is 5.13 Å². The Hall–Kier alpha value is -0.980. The van der Waals surface area contributed by atoms with E-state index in [0.29, 0.717) is 5.13 Å². The second kappa shape index (κ2) is 5.79. The van der Waals surface area contributed by atoms with Crippen molar-refractivity contribution < 1.29 is 0 Å². The molecule has 0 bridgehead atoms. The molecule has 0 atom stereocenters. The monoisotopic (exact) mass is 308 g/mol. The van der Waals surface area contributed by atoms with Gasteiger partial charge in [-0.05, 0) is 38.8 Å². The quantitative estimate of drug-likeness (QED) is 0.944. The average molecular weight is 308 g/mol. The molecule has 3 rings (SSSR count). The third-order valence-corrected chi connectivity index (χ3v) is 5.67. The number of hydrogen-bond acceptors (Lipinski definition) is 6. The van der Waals surface area contributed by atoms with Crippen LogP contribution in [0, 0.1) is 12.8 Å². The predicted molar refractivity (Wildman–Crippen MR) is 86.0 cm³/mol. The van der Waals surface area contributed by atoms with E-state index in [0.717, 1.165) is 23.9 Å². The van der Waals surface area contributed by atoms with Crippen molar-refractivity contribution in [1.29, 1.82) is 0 Å². The molecule has 0 aromatic carbocycles. The van der Waals surface area contributed by atoms with Crippen LogP contribution >= 0.6 is 22.7 Å². The Labute approximate surface area is 127 Å². The average Bonchev–Trinajstić information content (AvgIpc) is 2.98. The molecule has 1 aliphatic heterocycles.